The van der Waals surface area contributed by atoms with E-state index in [-0.39, 0.29) is 18.2 Å². The minimum absolute atomic E-state index is 0. The van der Waals surface area contributed by atoms with Crippen LogP contribution in [0.3, 0.4) is 0 Å². The van der Waals surface area contributed by atoms with E-state index in [9.17, 15) is 5.11 Å². The first-order valence-electron chi connectivity index (χ1n) is 9.40. The van der Waals surface area contributed by atoms with Gasteiger partial charge in [0.1, 0.15) is 16.6 Å². The van der Waals surface area contributed by atoms with Gasteiger partial charge in [0.2, 0.25) is 0 Å². The van der Waals surface area contributed by atoms with E-state index in [0.717, 1.165) is 57.1 Å². The summed E-state index contributed by atoms with van der Waals surface area (Å²) in [5, 5.41) is 22.3. The van der Waals surface area contributed by atoms with E-state index in [1.54, 1.807) is 0 Å². The molecule has 0 aliphatic carbocycles. The number of aliphatic hydroxyl groups excluding tert-OH is 1. The SMILES string of the molecule is Cl.N=C1C(c2nc(-c3ccc(Cl)cc3)cs2)=C(O)CN1CCCN1CCOCC1. The highest BCUT2D eigenvalue weighted by atomic mass is 35.5. The van der Waals surface area contributed by atoms with Gasteiger partial charge in [-0.2, -0.15) is 0 Å². The molecule has 156 valence electrons. The van der Waals surface area contributed by atoms with Gasteiger partial charge in [-0.15, -0.1) is 23.7 Å². The summed E-state index contributed by atoms with van der Waals surface area (Å²) in [7, 11) is 0. The maximum atomic E-state index is 10.5. The summed E-state index contributed by atoms with van der Waals surface area (Å²) in [4.78, 5) is 8.96. The summed E-state index contributed by atoms with van der Waals surface area (Å²) >= 11 is 7.40. The Morgan fingerprint density at radius 1 is 1.17 bits per heavy atom. The molecule has 0 atom stereocenters. The number of hydrogen-bond donors (Lipinski definition) is 2. The lowest BCUT2D eigenvalue weighted by Gasteiger charge is -2.27. The molecule has 0 unspecified atom stereocenters. The van der Waals surface area contributed by atoms with Crippen LogP contribution in [0.1, 0.15) is 11.4 Å². The van der Waals surface area contributed by atoms with Crippen LogP contribution in [-0.4, -0.2) is 71.7 Å². The molecule has 29 heavy (non-hydrogen) atoms. The number of nitrogens with one attached hydrogen (secondary N) is 1. The van der Waals surface area contributed by atoms with Crippen molar-refractivity contribution in [2.45, 2.75) is 6.42 Å². The first-order chi connectivity index (χ1) is 13.6. The van der Waals surface area contributed by atoms with Crippen LogP contribution in [0, 0.1) is 5.41 Å². The predicted octanol–water partition coefficient (Wildman–Crippen LogP) is 4.17. The number of aliphatic hydroxyl groups is 1. The molecule has 6 nitrogen and oxygen atoms in total. The fraction of sp³-hybridized carbons (Fsp3) is 0.400. The number of benzene rings is 1. The Morgan fingerprint density at radius 3 is 2.62 bits per heavy atom. The average molecular weight is 455 g/mol. The summed E-state index contributed by atoms with van der Waals surface area (Å²) in [6.45, 7) is 5.66. The summed E-state index contributed by atoms with van der Waals surface area (Å²) in [6, 6.07) is 7.52. The molecular weight excluding hydrogens is 431 g/mol. The standard InChI is InChI=1S/C20H23ClN4O2S.ClH/c21-15-4-2-14(3-5-15)16-13-28-20(23-16)18-17(26)12-25(19(18)22)7-1-6-24-8-10-27-11-9-24;/h2-5,13,22,26H,1,6-12H2;1H. The van der Waals surface area contributed by atoms with Gasteiger partial charge < -0.3 is 14.7 Å². The molecule has 9 heteroatoms. The van der Waals surface area contributed by atoms with E-state index in [1.807, 2.05) is 34.5 Å². The Hall–Kier alpha value is -1.64. The van der Waals surface area contributed by atoms with Gasteiger partial charge in [0.15, 0.2) is 0 Å². The summed E-state index contributed by atoms with van der Waals surface area (Å²) in [5.41, 5.74) is 2.35. The van der Waals surface area contributed by atoms with Gasteiger partial charge in [0.25, 0.3) is 0 Å². The lowest BCUT2D eigenvalue weighted by atomic mass is 10.2. The molecule has 1 fully saturated rings. The second kappa shape index (κ2) is 9.91. The van der Waals surface area contributed by atoms with Crippen molar-refractivity contribution >= 4 is 46.8 Å². The number of morpholine rings is 1. The Balaban J connectivity index is 0.00000240. The Bertz CT molecular complexity index is 879. The lowest BCUT2D eigenvalue weighted by molar-refractivity contribution is 0.0368. The summed E-state index contributed by atoms with van der Waals surface area (Å²) in [6.07, 6.45) is 0.955. The fourth-order valence-electron chi connectivity index (χ4n) is 3.50. The second-order valence-corrected chi connectivity index (χ2v) is 8.24. The van der Waals surface area contributed by atoms with Crippen LogP contribution in [-0.2, 0) is 4.74 Å². The molecule has 2 N–H and O–H groups in total. The smallest absolute Gasteiger partial charge is 0.135 e. The lowest BCUT2D eigenvalue weighted by Crippen LogP contribution is -2.38. The number of rotatable bonds is 6. The molecular formula is C20H24Cl2N4O2S. The van der Waals surface area contributed by atoms with Gasteiger partial charge in [0.05, 0.1) is 31.0 Å². The van der Waals surface area contributed by atoms with Crippen molar-refractivity contribution < 1.29 is 9.84 Å². The zero-order chi connectivity index (χ0) is 19.5. The van der Waals surface area contributed by atoms with E-state index in [4.69, 9.17) is 21.7 Å². The Labute approximate surface area is 185 Å². The van der Waals surface area contributed by atoms with E-state index >= 15 is 0 Å². The fourth-order valence-corrected chi connectivity index (χ4v) is 4.52. The molecule has 1 aromatic heterocycles. The van der Waals surface area contributed by atoms with E-state index in [0.29, 0.717) is 28.0 Å². The van der Waals surface area contributed by atoms with Crippen molar-refractivity contribution in [1.29, 1.82) is 5.41 Å². The molecule has 1 saturated heterocycles. The molecule has 1 aromatic carbocycles. The number of nitrogens with zero attached hydrogens (tertiary/aromatic N) is 3. The van der Waals surface area contributed by atoms with Crippen molar-refractivity contribution in [2.24, 2.45) is 0 Å². The first-order valence-corrected chi connectivity index (χ1v) is 10.7. The second-order valence-electron chi connectivity index (χ2n) is 6.94. The molecule has 0 radical (unpaired) electrons. The van der Waals surface area contributed by atoms with Crippen LogP contribution in [0.25, 0.3) is 16.8 Å². The van der Waals surface area contributed by atoms with Gasteiger partial charge in [-0.05, 0) is 18.6 Å². The van der Waals surface area contributed by atoms with Crippen LogP contribution in [0.2, 0.25) is 5.02 Å². The minimum atomic E-state index is 0. The third-order valence-corrected chi connectivity index (χ3v) is 6.16. The van der Waals surface area contributed by atoms with Crippen molar-refractivity contribution in [3.8, 4) is 11.3 Å². The van der Waals surface area contributed by atoms with Crippen LogP contribution in [0.5, 0.6) is 0 Å². The van der Waals surface area contributed by atoms with Gasteiger partial charge in [-0.25, -0.2) is 4.98 Å². The zero-order valence-electron chi connectivity index (χ0n) is 15.9. The van der Waals surface area contributed by atoms with Gasteiger partial charge in [-0.3, -0.25) is 10.3 Å². The largest absolute Gasteiger partial charge is 0.510 e. The molecule has 4 rings (SSSR count). The average Bonchev–Trinajstić information content (AvgIpc) is 3.28. The molecule has 0 spiro atoms. The molecule has 0 saturated carbocycles. The topological polar surface area (TPSA) is 72.7 Å². The molecule has 0 bridgehead atoms. The number of aromatic nitrogens is 1. The van der Waals surface area contributed by atoms with Gasteiger partial charge in [0, 0.05) is 42.1 Å². The van der Waals surface area contributed by atoms with E-state index < -0.39 is 0 Å². The van der Waals surface area contributed by atoms with Gasteiger partial charge >= 0.3 is 0 Å². The number of thiazole rings is 1. The number of amidine groups is 1. The summed E-state index contributed by atoms with van der Waals surface area (Å²) in [5.74, 6) is 0.588. The van der Waals surface area contributed by atoms with Crippen LogP contribution < -0.4 is 0 Å². The van der Waals surface area contributed by atoms with Crippen molar-refractivity contribution in [2.75, 3.05) is 45.9 Å². The van der Waals surface area contributed by atoms with Crippen molar-refractivity contribution in [3.05, 3.63) is 45.4 Å². The quantitative estimate of drug-likeness (QED) is 0.684. The molecule has 2 aromatic rings. The highest BCUT2D eigenvalue weighted by molar-refractivity contribution is 7.11. The highest BCUT2D eigenvalue weighted by Crippen LogP contribution is 2.32. The zero-order valence-corrected chi connectivity index (χ0v) is 18.3. The summed E-state index contributed by atoms with van der Waals surface area (Å²) < 4.78 is 5.38. The first kappa shape index (κ1) is 22.1. The predicted molar refractivity (Wildman–Crippen MR) is 121 cm³/mol. The van der Waals surface area contributed by atoms with E-state index in [2.05, 4.69) is 9.88 Å². The van der Waals surface area contributed by atoms with Crippen LogP contribution in [0.15, 0.2) is 35.4 Å². The number of halogens is 2. The number of ether oxygens (including phenoxy) is 1. The van der Waals surface area contributed by atoms with E-state index in [1.165, 1.54) is 11.3 Å². The monoisotopic (exact) mass is 454 g/mol. The van der Waals surface area contributed by atoms with Gasteiger partial charge in [-0.1, -0.05) is 23.7 Å². The third-order valence-electron chi connectivity index (χ3n) is 5.05. The maximum Gasteiger partial charge on any atom is 0.135 e. The van der Waals surface area contributed by atoms with Crippen molar-refractivity contribution in [1.82, 2.24) is 14.8 Å². The molecule has 2 aliphatic rings. The Kier molecular flexibility index (Phi) is 7.54. The van der Waals surface area contributed by atoms with Crippen molar-refractivity contribution in [3.63, 3.8) is 0 Å². The Morgan fingerprint density at radius 2 is 1.90 bits per heavy atom. The highest BCUT2D eigenvalue weighted by Gasteiger charge is 2.30. The molecule has 3 heterocycles. The molecule has 2 aliphatic heterocycles. The number of hydrogen-bond acceptors (Lipinski definition) is 6. The third kappa shape index (κ3) is 5.10. The minimum Gasteiger partial charge on any atom is -0.510 e. The normalized spacial score (nSPS) is 17.7. The molecule has 0 amide bonds. The van der Waals surface area contributed by atoms with Crippen LogP contribution >= 0.6 is 35.3 Å². The van der Waals surface area contributed by atoms with Crippen LogP contribution in [0.4, 0.5) is 0 Å². The maximum absolute atomic E-state index is 10.5.